The van der Waals surface area contributed by atoms with Crippen molar-refractivity contribution in [3.63, 3.8) is 0 Å². The van der Waals surface area contributed by atoms with Gasteiger partial charge in [-0.1, -0.05) is 12.1 Å². The molecule has 2 aromatic heterocycles. The molecule has 4 rings (SSSR count). The molecule has 29 heavy (non-hydrogen) atoms. The minimum absolute atomic E-state index is 0.166. The SMILES string of the molecule is Cc1nccn1-c1cccc([C@H](C)Nc2nc(=O)n(C3CCOCC3)c(=O)[nH]2)c1. The third-order valence-corrected chi connectivity index (χ3v) is 5.24. The fourth-order valence-electron chi connectivity index (χ4n) is 3.64. The molecular weight excluding hydrogens is 372 g/mol. The number of H-pyrrole nitrogens is 1. The molecule has 1 aliphatic heterocycles. The van der Waals surface area contributed by atoms with E-state index in [0.29, 0.717) is 26.1 Å². The lowest BCUT2D eigenvalue weighted by atomic mass is 10.1. The number of nitrogens with one attached hydrogen (secondary N) is 2. The molecule has 1 saturated heterocycles. The van der Waals surface area contributed by atoms with Crippen molar-refractivity contribution in [2.24, 2.45) is 0 Å². The average Bonchev–Trinajstić information content (AvgIpc) is 3.14. The second kappa shape index (κ2) is 8.04. The van der Waals surface area contributed by atoms with Crippen LogP contribution >= 0.6 is 0 Å². The van der Waals surface area contributed by atoms with Crippen LogP contribution in [-0.4, -0.2) is 37.3 Å². The van der Waals surface area contributed by atoms with Crippen LogP contribution in [0.3, 0.4) is 0 Å². The van der Waals surface area contributed by atoms with Gasteiger partial charge in [0, 0.05) is 37.3 Å². The molecule has 0 spiro atoms. The van der Waals surface area contributed by atoms with E-state index in [9.17, 15) is 9.59 Å². The Hall–Kier alpha value is -3.20. The van der Waals surface area contributed by atoms with Crippen LogP contribution in [0.4, 0.5) is 5.95 Å². The van der Waals surface area contributed by atoms with Gasteiger partial charge in [-0.2, -0.15) is 4.98 Å². The minimum atomic E-state index is -0.543. The number of aryl methyl sites for hydroxylation is 1. The van der Waals surface area contributed by atoms with Gasteiger partial charge in [0.1, 0.15) is 5.82 Å². The summed E-state index contributed by atoms with van der Waals surface area (Å²) in [5.74, 6) is 1.06. The van der Waals surface area contributed by atoms with Crippen LogP contribution in [0.25, 0.3) is 5.69 Å². The van der Waals surface area contributed by atoms with Gasteiger partial charge in [0.2, 0.25) is 5.95 Å². The molecule has 0 aliphatic carbocycles. The zero-order valence-electron chi connectivity index (χ0n) is 16.5. The maximum absolute atomic E-state index is 12.5. The maximum atomic E-state index is 12.5. The van der Waals surface area contributed by atoms with Crippen LogP contribution in [0, 0.1) is 6.92 Å². The second-order valence-electron chi connectivity index (χ2n) is 7.19. The molecular formula is C20H24N6O3. The van der Waals surface area contributed by atoms with Crippen molar-refractivity contribution in [1.82, 2.24) is 24.1 Å². The van der Waals surface area contributed by atoms with E-state index in [1.807, 2.05) is 48.9 Å². The van der Waals surface area contributed by atoms with Crippen molar-refractivity contribution in [3.05, 3.63) is 69.0 Å². The molecule has 0 radical (unpaired) electrons. The zero-order chi connectivity index (χ0) is 20.4. The fourth-order valence-corrected chi connectivity index (χ4v) is 3.64. The Labute approximate surface area is 167 Å². The maximum Gasteiger partial charge on any atom is 0.355 e. The lowest BCUT2D eigenvalue weighted by Crippen LogP contribution is -2.42. The number of aromatic nitrogens is 5. The highest BCUT2D eigenvalue weighted by atomic mass is 16.5. The van der Waals surface area contributed by atoms with E-state index in [2.05, 4.69) is 20.3 Å². The Morgan fingerprint density at radius 2 is 2.07 bits per heavy atom. The van der Waals surface area contributed by atoms with Crippen LogP contribution in [0.2, 0.25) is 0 Å². The van der Waals surface area contributed by atoms with Crippen molar-refractivity contribution < 1.29 is 4.74 Å². The molecule has 1 atom stereocenters. The summed E-state index contributed by atoms with van der Waals surface area (Å²) in [6, 6.07) is 7.64. The first-order chi connectivity index (χ1) is 14.0. The van der Waals surface area contributed by atoms with E-state index in [-0.39, 0.29) is 18.0 Å². The predicted molar refractivity (Wildman–Crippen MR) is 109 cm³/mol. The molecule has 9 nitrogen and oxygen atoms in total. The molecule has 2 N–H and O–H groups in total. The number of anilines is 1. The molecule has 0 saturated carbocycles. The van der Waals surface area contributed by atoms with Gasteiger partial charge >= 0.3 is 11.4 Å². The van der Waals surface area contributed by atoms with Crippen molar-refractivity contribution >= 4 is 5.95 Å². The highest BCUT2D eigenvalue weighted by molar-refractivity contribution is 5.40. The van der Waals surface area contributed by atoms with E-state index in [4.69, 9.17) is 4.74 Å². The number of hydrogen-bond donors (Lipinski definition) is 2. The highest BCUT2D eigenvalue weighted by Gasteiger charge is 2.20. The molecule has 9 heteroatoms. The number of hydrogen-bond acceptors (Lipinski definition) is 6. The van der Waals surface area contributed by atoms with Gasteiger partial charge in [0.25, 0.3) is 0 Å². The van der Waals surface area contributed by atoms with Crippen molar-refractivity contribution in [3.8, 4) is 5.69 Å². The summed E-state index contributed by atoms with van der Waals surface area (Å²) in [4.78, 5) is 36.0. The van der Waals surface area contributed by atoms with Crippen molar-refractivity contribution in [2.45, 2.75) is 38.8 Å². The molecule has 3 aromatic rings. The summed E-state index contributed by atoms with van der Waals surface area (Å²) < 4.78 is 8.49. The average molecular weight is 396 g/mol. The number of aromatic amines is 1. The predicted octanol–water partition coefficient (Wildman–Crippen LogP) is 1.95. The quantitative estimate of drug-likeness (QED) is 0.683. The van der Waals surface area contributed by atoms with E-state index in [1.54, 1.807) is 6.20 Å². The second-order valence-corrected chi connectivity index (χ2v) is 7.19. The summed E-state index contributed by atoms with van der Waals surface area (Å²) in [5, 5.41) is 3.13. The molecule has 1 aromatic carbocycles. The normalized spacial score (nSPS) is 15.9. The first kappa shape index (κ1) is 19.1. The summed E-state index contributed by atoms with van der Waals surface area (Å²) >= 11 is 0. The zero-order valence-corrected chi connectivity index (χ0v) is 16.5. The minimum Gasteiger partial charge on any atom is -0.381 e. The molecule has 0 amide bonds. The Balaban J connectivity index is 1.56. The summed E-state index contributed by atoms with van der Waals surface area (Å²) in [6.07, 6.45) is 4.93. The van der Waals surface area contributed by atoms with Crippen LogP contribution in [0.15, 0.2) is 46.2 Å². The van der Waals surface area contributed by atoms with Crippen LogP contribution in [-0.2, 0) is 4.74 Å². The number of imidazole rings is 1. The number of ether oxygens (including phenoxy) is 1. The van der Waals surface area contributed by atoms with Gasteiger partial charge in [-0.25, -0.2) is 19.1 Å². The first-order valence-corrected chi connectivity index (χ1v) is 9.70. The van der Waals surface area contributed by atoms with Crippen LogP contribution in [0.5, 0.6) is 0 Å². The fraction of sp³-hybridized carbons (Fsp3) is 0.400. The third kappa shape index (κ3) is 4.00. The Morgan fingerprint density at radius 3 is 2.76 bits per heavy atom. The van der Waals surface area contributed by atoms with Gasteiger partial charge in [-0.05, 0) is 44.4 Å². The molecule has 152 valence electrons. The number of benzene rings is 1. The van der Waals surface area contributed by atoms with Gasteiger partial charge < -0.3 is 14.6 Å². The molecule has 1 aliphatic rings. The summed E-state index contributed by atoms with van der Waals surface area (Å²) in [6.45, 7) is 4.97. The van der Waals surface area contributed by atoms with Gasteiger partial charge in [0.15, 0.2) is 0 Å². The Bertz CT molecular complexity index is 1080. The standard InChI is InChI=1S/C20H24N6O3/c1-13(15-4-3-5-17(12-15)25-9-8-21-14(25)2)22-18-23-19(27)26(20(28)24-18)16-6-10-29-11-7-16/h3-5,8-9,12-13,16H,6-7,10-11H2,1-2H3,(H2,22,23,24,27,28)/t13-/m0/s1. The number of rotatable bonds is 5. The molecule has 0 unspecified atom stereocenters. The molecule has 1 fully saturated rings. The smallest absolute Gasteiger partial charge is 0.355 e. The van der Waals surface area contributed by atoms with E-state index < -0.39 is 11.4 Å². The Morgan fingerprint density at radius 1 is 1.28 bits per heavy atom. The van der Waals surface area contributed by atoms with Gasteiger partial charge in [-0.3, -0.25) is 4.98 Å². The molecule has 0 bridgehead atoms. The largest absolute Gasteiger partial charge is 0.381 e. The highest BCUT2D eigenvalue weighted by Crippen LogP contribution is 2.21. The Kier molecular flexibility index (Phi) is 5.30. The summed E-state index contributed by atoms with van der Waals surface area (Å²) in [5.41, 5.74) is 0.988. The first-order valence-electron chi connectivity index (χ1n) is 9.70. The van der Waals surface area contributed by atoms with E-state index in [0.717, 1.165) is 17.1 Å². The van der Waals surface area contributed by atoms with Gasteiger partial charge in [0.05, 0.1) is 6.04 Å². The number of nitrogens with zero attached hydrogens (tertiary/aromatic N) is 4. The third-order valence-electron chi connectivity index (χ3n) is 5.24. The van der Waals surface area contributed by atoms with Crippen LogP contribution < -0.4 is 16.7 Å². The lowest BCUT2D eigenvalue weighted by molar-refractivity contribution is 0.0670. The topological polar surface area (TPSA) is 107 Å². The summed E-state index contributed by atoms with van der Waals surface area (Å²) in [7, 11) is 0. The van der Waals surface area contributed by atoms with Crippen molar-refractivity contribution in [1.29, 1.82) is 0 Å². The van der Waals surface area contributed by atoms with Crippen molar-refractivity contribution in [2.75, 3.05) is 18.5 Å². The lowest BCUT2D eigenvalue weighted by Gasteiger charge is -2.23. The van der Waals surface area contributed by atoms with E-state index in [1.165, 1.54) is 4.57 Å². The van der Waals surface area contributed by atoms with Gasteiger partial charge in [-0.15, -0.1) is 0 Å². The monoisotopic (exact) mass is 396 g/mol. The van der Waals surface area contributed by atoms with E-state index >= 15 is 0 Å². The van der Waals surface area contributed by atoms with Crippen LogP contribution in [0.1, 0.15) is 43.2 Å². The molecule has 3 heterocycles.